The highest BCUT2D eigenvalue weighted by atomic mass is 16.7. The van der Waals surface area contributed by atoms with Crippen molar-refractivity contribution < 1.29 is 18.8 Å². The van der Waals surface area contributed by atoms with Gasteiger partial charge >= 0.3 is 7.12 Å². The zero-order valence-electron chi connectivity index (χ0n) is 24.4. The molecule has 1 aliphatic rings. The zero-order chi connectivity index (χ0) is 27.7. The largest absolute Gasteiger partial charge is 0.497 e. The predicted molar refractivity (Wildman–Crippen MR) is 157 cm³/mol. The molecule has 6 heteroatoms. The Kier molecular flexibility index (Phi) is 7.87. The second kappa shape index (κ2) is 10.7. The fourth-order valence-corrected chi connectivity index (χ4v) is 4.74. The summed E-state index contributed by atoms with van der Waals surface area (Å²) in [5.74, 6) is 1.71. The third-order valence-corrected chi connectivity index (χ3v) is 7.78. The van der Waals surface area contributed by atoms with Gasteiger partial charge < -0.3 is 23.7 Å². The first-order valence-electron chi connectivity index (χ1n) is 13.3. The predicted octanol–water partition coefficient (Wildman–Crippen LogP) is 6.51. The molecule has 1 saturated heterocycles. The van der Waals surface area contributed by atoms with E-state index in [9.17, 15) is 0 Å². The molecule has 0 unspecified atom stereocenters. The van der Waals surface area contributed by atoms with E-state index in [1.807, 2.05) is 24.3 Å². The standard InChI is InChI=1S/C32H42BNO4/c1-30(2,3)28-19-14-25(20-29(28)33-37-31(4,5)32(6,7)38-33)34(21-23-10-15-26(35-8)16-11-23)22-24-12-17-27(36-9)18-13-24/h10-20H,21-22H2,1-9H3. The Morgan fingerprint density at radius 1 is 0.711 bits per heavy atom. The lowest BCUT2D eigenvalue weighted by molar-refractivity contribution is 0.00578. The monoisotopic (exact) mass is 515 g/mol. The minimum atomic E-state index is -0.432. The highest BCUT2D eigenvalue weighted by Gasteiger charge is 2.52. The Balaban J connectivity index is 1.75. The zero-order valence-corrected chi connectivity index (χ0v) is 24.4. The Morgan fingerprint density at radius 2 is 1.16 bits per heavy atom. The lowest BCUT2D eigenvalue weighted by Gasteiger charge is -2.32. The third-order valence-electron chi connectivity index (χ3n) is 7.78. The van der Waals surface area contributed by atoms with Crippen molar-refractivity contribution in [2.24, 2.45) is 0 Å². The normalized spacial score (nSPS) is 16.4. The van der Waals surface area contributed by atoms with E-state index >= 15 is 0 Å². The maximum atomic E-state index is 6.54. The number of rotatable bonds is 8. The molecule has 0 bridgehead atoms. The molecule has 0 N–H and O–H groups in total. The van der Waals surface area contributed by atoms with Crippen LogP contribution in [0.5, 0.6) is 11.5 Å². The molecule has 3 aromatic rings. The summed E-state index contributed by atoms with van der Waals surface area (Å²) in [7, 11) is 2.95. The third kappa shape index (κ3) is 6.03. The molecule has 0 spiro atoms. The molecule has 0 radical (unpaired) electrons. The number of anilines is 1. The molecule has 1 heterocycles. The molecule has 0 saturated carbocycles. The fourth-order valence-electron chi connectivity index (χ4n) is 4.74. The van der Waals surface area contributed by atoms with Crippen LogP contribution >= 0.6 is 0 Å². The highest BCUT2D eigenvalue weighted by Crippen LogP contribution is 2.38. The van der Waals surface area contributed by atoms with E-state index in [1.54, 1.807) is 14.2 Å². The Morgan fingerprint density at radius 3 is 1.55 bits per heavy atom. The van der Waals surface area contributed by atoms with E-state index in [0.29, 0.717) is 0 Å². The number of methoxy groups -OCH3 is 2. The number of benzene rings is 3. The average molecular weight is 516 g/mol. The van der Waals surface area contributed by atoms with Gasteiger partial charge in [-0.1, -0.05) is 51.1 Å². The fraction of sp³-hybridized carbons (Fsp3) is 0.438. The van der Waals surface area contributed by atoms with Crippen molar-refractivity contribution in [2.75, 3.05) is 19.1 Å². The van der Waals surface area contributed by atoms with Crippen molar-refractivity contribution in [3.63, 3.8) is 0 Å². The van der Waals surface area contributed by atoms with E-state index in [0.717, 1.165) is 35.7 Å². The Labute approximate surface area is 229 Å². The lowest BCUT2D eigenvalue weighted by atomic mass is 9.69. The van der Waals surface area contributed by atoms with Gasteiger partial charge in [0.2, 0.25) is 0 Å². The quantitative estimate of drug-likeness (QED) is 0.320. The summed E-state index contributed by atoms with van der Waals surface area (Å²) in [5.41, 5.74) is 4.97. The molecule has 4 rings (SSSR count). The van der Waals surface area contributed by atoms with Gasteiger partial charge in [-0.3, -0.25) is 0 Å². The molecular formula is C32H42BNO4. The number of hydrogen-bond acceptors (Lipinski definition) is 5. The summed E-state index contributed by atoms with van der Waals surface area (Å²) in [6.07, 6.45) is 0. The molecule has 3 aromatic carbocycles. The second-order valence-corrected chi connectivity index (χ2v) is 12.2. The van der Waals surface area contributed by atoms with Crippen molar-refractivity contribution in [2.45, 2.75) is 78.2 Å². The lowest BCUT2D eigenvalue weighted by Crippen LogP contribution is -2.41. The highest BCUT2D eigenvalue weighted by molar-refractivity contribution is 6.62. The molecule has 0 atom stereocenters. The van der Waals surface area contributed by atoms with Gasteiger partial charge in [0.05, 0.1) is 25.4 Å². The summed E-state index contributed by atoms with van der Waals surface area (Å²) in [4.78, 5) is 2.39. The van der Waals surface area contributed by atoms with Crippen molar-refractivity contribution in [3.05, 3.63) is 83.4 Å². The van der Waals surface area contributed by atoms with Gasteiger partial charge in [-0.25, -0.2) is 0 Å². The topological polar surface area (TPSA) is 40.2 Å². The van der Waals surface area contributed by atoms with Gasteiger partial charge in [0, 0.05) is 18.8 Å². The van der Waals surface area contributed by atoms with Crippen LogP contribution in [-0.2, 0) is 27.8 Å². The molecule has 38 heavy (non-hydrogen) atoms. The first kappa shape index (κ1) is 28.1. The van der Waals surface area contributed by atoms with Gasteiger partial charge in [0.1, 0.15) is 11.5 Å². The van der Waals surface area contributed by atoms with Crippen LogP contribution in [0, 0.1) is 0 Å². The summed E-state index contributed by atoms with van der Waals surface area (Å²) in [6, 6.07) is 23.3. The summed E-state index contributed by atoms with van der Waals surface area (Å²) >= 11 is 0. The van der Waals surface area contributed by atoms with Gasteiger partial charge in [-0.2, -0.15) is 0 Å². The molecule has 1 aliphatic heterocycles. The number of nitrogens with zero attached hydrogens (tertiary/aromatic N) is 1. The van der Waals surface area contributed by atoms with Gasteiger partial charge in [-0.15, -0.1) is 0 Å². The number of hydrogen-bond donors (Lipinski definition) is 0. The van der Waals surface area contributed by atoms with Crippen molar-refractivity contribution >= 4 is 18.3 Å². The number of ether oxygens (including phenoxy) is 2. The molecular weight excluding hydrogens is 473 g/mol. The summed E-state index contributed by atoms with van der Waals surface area (Å²) in [5, 5.41) is 0. The Bertz CT molecular complexity index is 1160. The van der Waals surface area contributed by atoms with Crippen LogP contribution in [0.2, 0.25) is 0 Å². The van der Waals surface area contributed by atoms with Gasteiger partial charge in [0.25, 0.3) is 0 Å². The van der Waals surface area contributed by atoms with E-state index in [4.69, 9.17) is 18.8 Å². The van der Waals surface area contributed by atoms with Crippen LogP contribution in [0.3, 0.4) is 0 Å². The first-order valence-corrected chi connectivity index (χ1v) is 13.3. The first-order chi connectivity index (χ1) is 17.8. The van der Waals surface area contributed by atoms with E-state index < -0.39 is 18.3 Å². The molecule has 0 aromatic heterocycles. The van der Waals surface area contributed by atoms with Crippen LogP contribution in [0.4, 0.5) is 5.69 Å². The molecule has 202 valence electrons. The second-order valence-electron chi connectivity index (χ2n) is 12.2. The SMILES string of the molecule is COc1ccc(CN(Cc2ccc(OC)cc2)c2ccc(C(C)(C)C)c(B3OC(C)(C)C(C)(C)O3)c2)cc1. The Hall–Kier alpha value is -2.96. The van der Waals surface area contributed by atoms with Crippen LogP contribution in [0.25, 0.3) is 0 Å². The van der Waals surface area contributed by atoms with E-state index in [1.165, 1.54) is 16.7 Å². The molecule has 1 fully saturated rings. The minimum absolute atomic E-state index is 0.0613. The maximum absolute atomic E-state index is 6.54. The van der Waals surface area contributed by atoms with Crippen molar-refractivity contribution in [1.29, 1.82) is 0 Å². The van der Waals surface area contributed by atoms with Crippen molar-refractivity contribution in [3.8, 4) is 11.5 Å². The minimum Gasteiger partial charge on any atom is -0.497 e. The van der Waals surface area contributed by atoms with Crippen LogP contribution < -0.4 is 19.8 Å². The smallest absolute Gasteiger partial charge is 0.495 e. The molecule has 0 aliphatic carbocycles. The van der Waals surface area contributed by atoms with Crippen LogP contribution in [0.1, 0.15) is 65.2 Å². The van der Waals surface area contributed by atoms with Crippen LogP contribution in [-0.4, -0.2) is 32.5 Å². The van der Waals surface area contributed by atoms with Gasteiger partial charge in [0.15, 0.2) is 0 Å². The maximum Gasteiger partial charge on any atom is 0.495 e. The van der Waals surface area contributed by atoms with E-state index in [2.05, 4.69) is 95.8 Å². The van der Waals surface area contributed by atoms with Crippen molar-refractivity contribution in [1.82, 2.24) is 0 Å². The summed E-state index contributed by atoms with van der Waals surface area (Å²) in [6.45, 7) is 16.6. The average Bonchev–Trinajstić information content (AvgIpc) is 3.10. The van der Waals surface area contributed by atoms with Crippen LogP contribution in [0.15, 0.2) is 66.7 Å². The molecule has 0 amide bonds. The molecule has 5 nitrogen and oxygen atoms in total. The van der Waals surface area contributed by atoms with E-state index in [-0.39, 0.29) is 5.41 Å². The van der Waals surface area contributed by atoms with Gasteiger partial charge in [-0.05, 0) is 91.7 Å². The summed E-state index contributed by atoms with van der Waals surface area (Å²) < 4.78 is 23.8.